The molecule has 0 aromatic heterocycles. The number of fused-ring (bicyclic) bond motifs is 1. The molecular formula is C27H40O7. The summed E-state index contributed by atoms with van der Waals surface area (Å²) in [5.41, 5.74) is -0.608. The van der Waals surface area contributed by atoms with Crippen molar-refractivity contribution in [1.29, 1.82) is 0 Å². The molecule has 0 bridgehead atoms. The van der Waals surface area contributed by atoms with Gasteiger partial charge in [-0.3, -0.25) is 4.79 Å². The van der Waals surface area contributed by atoms with Crippen molar-refractivity contribution in [3.63, 3.8) is 0 Å². The summed E-state index contributed by atoms with van der Waals surface area (Å²) >= 11 is 0. The molecule has 1 fully saturated rings. The lowest BCUT2D eigenvalue weighted by Gasteiger charge is -2.45. The number of esters is 3. The highest BCUT2D eigenvalue weighted by Crippen LogP contribution is 2.60. The molecule has 0 spiro atoms. The maximum Gasteiger partial charge on any atom is 0.333 e. The Balaban J connectivity index is 2.72. The van der Waals surface area contributed by atoms with Gasteiger partial charge in [-0.1, -0.05) is 38.5 Å². The number of aliphatic hydroxyl groups is 1. The average Bonchev–Trinajstić information content (AvgIpc) is 2.92. The van der Waals surface area contributed by atoms with Crippen LogP contribution in [0.15, 0.2) is 34.9 Å². The van der Waals surface area contributed by atoms with Gasteiger partial charge in [-0.15, -0.1) is 0 Å². The van der Waals surface area contributed by atoms with Crippen LogP contribution >= 0.6 is 0 Å². The largest absolute Gasteiger partial charge is 0.462 e. The summed E-state index contributed by atoms with van der Waals surface area (Å²) in [5.74, 6) is -2.34. The first kappa shape index (κ1) is 27.8. The minimum atomic E-state index is -1.33. The third-order valence-corrected chi connectivity index (χ3v) is 7.67. The van der Waals surface area contributed by atoms with E-state index in [1.807, 2.05) is 33.8 Å². The number of ether oxygens (including phenoxy) is 3. The molecule has 0 saturated heterocycles. The molecule has 2 aliphatic rings. The lowest BCUT2D eigenvalue weighted by atomic mass is 9.66. The Morgan fingerprint density at radius 1 is 1.03 bits per heavy atom. The molecule has 34 heavy (non-hydrogen) atoms. The van der Waals surface area contributed by atoms with Crippen molar-refractivity contribution in [1.82, 2.24) is 0 Å². The first-order chi connectivity index (χ1) is 15.7. The van der Waals surface area contributed by atoms with Crippen LogP contribution in [0.3, 0.4) is 0 Å². The highest BCUT2D eigenvalue weighted by molar-refractivity contribution is 5.88. The molecule has 0 amide bonds. The third-order valence-electron chi connectivity index (χ3n) is 7.67. The van der Waals surface area contributed by atoms with Gasteiger partial charge in [0.15, 0.2) is 0 Å². The minimum Gasteiger partial charge on any atom is -0.462 e. The van der Waals surface area contributed by atoms with Gasteiger partial charge in [-0.25, -0.2) is 9.59 Å². The second kappa shape index (κ2) is 10.5. The SMILES string of the molecule is CC=C(C)C(=O)OC1CC(C)=CC(OC(=O)C(C)=CC)[C@]2(C)C1[C@](O)(C(C)C)C[C@H]2OC(C)=O. The van der Waals surface area contributed by atoms with Gasteiger partial charge in [0, 0.05) is 36.8 Å². The van der Waals surface area contributed by atoms with Gasteiger partial charge < -0.3 is 19.3 Å². The molecular weight excluding hydrogens is 436 g/mol. The average molecular weight is 477 g/mol. The van der Waals surface area contributed by atoms with Gasteiger partial charge in [0.25, 0.3) is 0 Å². The molecule has 6 atom stereocenters. The zero-order valence-electron chi connectivity index (χ0n) is 21.9. The molecule has 0 radical (unpaired) electrons. The summed E-state index contributed by atoms with van der Waals surface area (Å²) in [4.78, 5) is 37.7. The Kier molecular flexibility index (Phi) is 8.57. The molecule has 2 aliphatic carbocycles. The van der Waals surface area contributed by atoms with Crippen LogP contribution in [-0.2, 0) is 28.6 Å². The number of rotatable bonds is 6. The van der Waals surface area contributed by atoms with Crippen LogP contribution in [0, 0.1) is 17.3 Å². The van der Waals surface area contributed by atoms with E-state index in [1.165, 1.54) is 6.92 Å². The van der Waals surface area contributed by atoms with Crippen molar-refractivity contribution < 1.29 is 33.7 Å². The van der Waals surface area contributed by atoms with E-state index in [2.05, 4.69) is 0 Å². The molecule has 0 aliphatic heterocycles. The summed E-state index contributed by atoms with van der Waals surface area (Å²) in [6.45, 7) is 15.7. The summed E-state index contributed by atoms with van der Waals surface area (Å²) in [5, 5.41) is 12.0. The normalized spacial score (nSPS) is 34.1. The highest BCUT2D eigenvalue weighted by atomic mass is 16.6. The summed E-state index contributed by atoms with van der Waals surface area (Å²) in [6.07, 6.45) is 3.43. The molecule has 3 unspecified atom stereocenters. The zero-order chi connectivity index (χ0) is 26.0. The van der Waals surface area contributed by atoms with Crippen LogP contribution in [-0.4, -0.2) is 46.9 Å². The van der Waals surface area contributed by atoms with E-state index < -0.39 is 53.2 Å². The molecule has 7 heteroatoms. The molecule has 0 heterocycles. The summed E-state index contributed by atoms with van der Waals surface area (Å²) in [6, 6.07) is 0. The Morgan fingerprint density at radius 3 is 2.03 bits per heavy atom. The van der Waals surface area contributed by atoms with E-state index in [0.29, 0.717) is 17.6 Å². The van der Waals surface area contributed by atoms with Gasteiger partial charge >= 0.3 is 17.9 Å². The summed E-state index contributed by atoms with van der Waals surface area (Å²) in [7, 11) is 0. The molecule has 190 valence electrons. The fraction of sp³-hybridized carbons (Fsp3) is 0.667. The quantitative estimate of drug-likeness (QED) is 0.262. The van der Waals surface area contributed by atoms with Crippen molar-refractivity contribution in [3.8, 4) is 0 Å². The monoisotopic (exact) mass is 476 g/mol. The van der Waals surface area contributed by atoms with Crippen LogP contribution in [0.1, 0.15) is 75.2 Å². The summed E-state index contributed by atoms with van der Waals surface area (Å²) < 4.78 is 17.7. The number of hydrogen-bond donors (Lipinski definition) is 1. The number of carbonyl (C=O) groups excluding carboxylic acids is 3. The molecule has 1 N–H and O–H groups in total. The Labute approximate surface area is 203 Å². The Bertz CT molecular complexity index is 912. The van der Waals surface area contributed by atoms with Crippen molar-refractivity contribution in [2.75, 3.05) is 0 Å². The lowest BCUT2D eigenvalue weighted by Crippen LogP contribution is -2.55. The standard InChI is InChI=1S/C27H40O7/c1-10-17(6)24(29)33-20-12-16(5)13-21(34-25(30)18(7)11-2)26(9)22(32-19(8)28)14-27(31,15(3)4)23(20)26/h10-11,13,15,20-23,31H,12,14H2,1-9H3/t20?,21?,22-,23?,26+,27-/m1/s1. The third kappa shape index (κ3) is 5.14. The van der Waals surface area contributed by atoms with Gasteiger partial charge in [0.2, 0.25) is 0 Å². The van der Waals surface area contributed by atoms with Gasteiger partial charge in [-0.2, -0.15) is 0 Å². The lowest BCUT2D eigenvalue weighted by molar-refractivity contribution is -0.181. The van der Waals surface area contributed by atoms with Crippen molar-refractivity contribution in [2.45, 2.75) is 99.1 Å². The molecule has 1 saturated carbocycles. The minimum absolute atomic E-state index is 0.144. The van der Waals surface area contributed by atoms with Crippen molar-refractivity contribution in [2.24, 2.45) is 17.3 Å². The van der Waals surface area contributed by atoms with Crippen molar-refractivity contribution >= 4 is 17.9 Å². The van der Waals surface area contributed by atoms with Gasteiger partial charge in [-0.05, 0) is 46.6 Å². The predicted molar refractivity (Wildman–Crippen MR) is 129 cm³/mol. The van der Waals surface area contributed by atoms with Crippen LogP contribution in [0.4, 0.5) is 0 Å². The van der Waals surface area contributed by atoms with Crippen LogP contribution < -0.4 is 0 Å². The predicted octanol–water partition coefficient (Wildman–Crippen LogP) is 4.44. The van der Waals surface area contributed by atoms with Crippen molar-refractivity contribution in [3.05, 3.63) is 34.9 Å². The van der Waals surface area contributed by atoms with Crippen LogP contribution in [0.25, 0.3) is 0 Å². The molecule has 0 aromatic rings. The number of allylic oxidation sites excluding steroid dienone is 2. The first-order valence-electron chi connectivity index (χ1n) is 12.0. The smallest absolute Gasteiger partial charge is 0.333 e. The van der Waals surface area contributed by atoms with E-state index in [4.69, 9.17) is 14.2 Å². The van der Waals surface area contributed by atoms with E-state index in [0.717, 1.165) is 5.57 Å². The number of hydrogen-bond acceptors (Lipinski definition) is 7. The second-order valence-electron chi connectivity index (χ2n) is 10.2. The Hall–Kier alpha value is -2.41. The number of carbonyl (C=O) groups is 3. The van der Waals surface area contributed by atoms with Crippen LogP contribution in [0.2, 0.25) is 0 Å². The fourth-order valence-corrected chi connectivity index (χ4v) is 5.32. The highest BCUT2D eigenvalue weighted by Gasteiger charge is 2.69. The fourth-order valence-electron chi connectivity index (χ4n) is 5.32. The maximum atomic E-state index is 12.8. The van der Waals surface area contributed by atoms with Crippen LogP contribution in [0.5, 0.6) is 0 Å². The topological polar surface area (TPSA) is 99.1 Å². The van der Waals surface area contributed by atoms with Gasteiger partial charge in [0.1, 0.15) is 18.3 Å². The van der Waals surface area contributed by atoms with E-state index in [-0.39, 0.29) is 12.3 Å². The van der Waals surface area contributed by atoms with E-state index in [1.54, 1.807) is 39.8 Å². The van der Waals surface area contributed by atoms with Gasteiger partial charge in [0.05, 0.1) is 11.0 Å². The first-order valence-corrected chi connectivity index (χ1v) is 12.0. The van der Waals surface area contributed by atoms with E-state index >= 15 is 0 Å². The molecule has 2 rings (SSSR count). The molecule has 0 aromatic carbocycles. The molecule has 7 nitrogen and oxygen atoms in total. The second-order valence-corrected chi connectivity index (χ2v) is 10.2. The zero-order valence-corrected chi connectivity index (χ0v) is 21.9. The van der Waals surface area contributed by atoms with E-state index in [9.17, 15) is 19.5 Å². The maximum absolute atomic E-state index is 12.8. The Morgan fingerprint density at radius 2 is 1.56 bits per heavy atom.